The fourth-order valence-corrected chi connectivity index (χ4v) is 14.9. The van der Waals surface area contributed by atoms with Crippen LogP contribution in [0.4, 0.5) is 23.2 Å². The van der Waals surface area contributed by atoms with Gasteiger partial charge in [0.1, 0.15) is 60.6 Å². The standard InChI is InChI=1S/2C36H34FN5O5.C33H27F2N5O4/c2*1-23(43)27-13-14-31-32(19-27)42(21-33(46-3)36(44)39-15-16-45-2)34(40-31)18-24-7-10-26(11-8-24)30-5-4-6-35(41-30)47-22-28-12-9-25(20-38)17-29(28)37;1-19(41)20-10-12-28-29(14-20)40(17-30(43-3)33(36)42)31(38-28)15-21-7-8-22(13-25(21)34)27-5-4-6-32(39-27)44-18-23-9-11-24(37-2)16-26(23)35/h2*4-14,17,19,33H,15-16,18,21-22H2,1-3H3,(H,39,44);4-14,16,30H,15,17-18H2,1,3H3,(H2,36,42)/t2*33-;/m10./s1. The van der Waals surface area contributed by atoms with E-state index in [0.29, 0.717) is 146 Å². The van der Waals surface area contributed by atoms with Crippen LogP contribution in [0, 0.1) is 52.5 Å². The van der Waals surface area contributed by atoms with Crippen LogP contribution in [0.5, 0.6) is 17.6 Å². The molecule has 0 bridgehead atoms. The van der Waals surface area contributed by atoms with E-state index in [4.69, 9.17) is 70.7 Å². The number of aromatic nitrogens is 9. The Morgan fingerprint density at radius 3 is 1.09 bits per heavy atom. The smallest absolute Gasteiger partial charge is 0.251 e. The second-order valence-electron chi connectivity index (χ2n) is 31.7. The summed E-state index contributed by atoms with van der Waals surface area (Å²) >= 11 is 0. The van der Waals surface area contributed by atoms with Crippen molar-refractivity contribution in [2.45, 2.75) is 97.8 Å². The van der Waals surface area contributed by atoms with Crippen LogP contribution in [-0.2, 0) is 96.8 Å². The lowest BCUT2D eigenvalue weighted by molar-refractivity contribution is -0.132. The van der Waals surface area contributed by atoms with Gasteiger partial charge in [-0.25, -0.2) is 52.3 Å². The number of benzene rings is 9. The number of pyridine rings is 3. The first kappa shape index (κ1) is 99.1. The quantitative estimate of drug-likeness (QED) is 0.0139. The van der Waals surface area contributed by atoms with Crippen molar-refractivity contribution in [2.24, 2.45) is 5.73 Å². The van der Waals surface area contributed by atoms with Gasteiger partial charge in [-0.2, -0.15) is 10.5 Å². The molecule has 0 aliphatic carbocycles. The minimum absolute atomic E-state index is 0.0272. The van der Waals surface area contributed by atoms with E-state index in [-0.39, 0.29) is 103 Å². The SMILES string of the molecule is COCCNC(=O)[C@@H](Cn1c(Cc2ccc(-c3cccc(OCc4ccc(C#N)cc4F)n3)cc2)nc2ccc(C(C)=O)cc21)OC.COCCNC(=O)[C@H](Cn1c(Cc2ccc(-c3cccc(OCc4ccc(C#N)cc4F)n3)cc2)nc2ccc(C(C)=O)cc21)OC.[C-]#[N+]c1ccc(COc2cccc(-c3ccc(Cc4nc5ccc(C(C)=O)cc5n4CC(OC)C(N)=O)c(F)c3)n2)c(F)c1. The number of nitrogens with two attached hydrogens (primary N) is 1. The van der Waals surface area contributed by atoms with Gasteiger partial charge in [-0.15, -0.1) is 0 Å². The van der Waals surface area contributed by atoms with E-state index in [1.165, 1.54) is 84.6 Å². The summed E-state index contributed by atoms with van der Waals surface area (Å²) in [7, 11) is 7.47. The molecule has 29 nitrogen and oxygen atoms in total. The predicted molar refractivity (Wildman–Crippen MR) is 506 cm³/mol. The zero-order chi connectivity index (χ0) is 98.1. The Labute approximate surface area is 791 Å². The normalized spacial score (nSPS) is 11.7. The molecule has 0 aliphatic heterocycles. The molecule has 0 spiro atoms. The molecular weight excluding hydrogens is 1770 g/mol. The third-order valence-corrected chi connectivity index (χ3v) is 22.5. The van der Waals surface area contributed by atoms with Gasteiger partial charge in [0.15, 0.2) is 41.3 Å². The van der Waals surface area contributed by atoms with E-state index in [9.17, 15) is 41.9 Å². The van der Waals surface area contributed by atoms with Gasteiger partial charge >= 0.3 is 0 Å². The van der Waals surface area contributed by atoms with Crippen LogP contribution in [0.15, 0.2) is 231 Å². The monoisotopic (exact) mass is 1870 g/mol. The molecule has 9 aromatic carbocycles. The average molecular weight is 1870 g/mol. The molecule has 0 saturated heterocycles. The minimum Gasteiger partial charge on any atom is -0.473 e. The van der Waals surface area contributed by atoms with Gasteiger partial charge in [-0.1, -0.05) is 103 Å². The minimum atomic E-state index is -0.963. The highest BCUT2D eigenvalue weighted by molar-refractivity contribution is 5.99. The number of carbonyl (C=O) groups is 6. The third-order valence-electron chi connectivity index (χ3n) is 22.5. The number of rotatable bonds is 39. The van der Waals surface area contributed by atoms with E-state index in [1.807, 2.05) is 106 Å². The second-order valence-corrected chi connectivity index (χ2v) is 31.7. The maximum atomic E-state index is 15.5. The number of hydrogen-bond acceptors (Lipinski definition) is 22. The highest BCUT2D eigenvalue weighted by Gasteiger charge is 2.28. The van der Waals surface area contributed by atoms with Gasteiger partial charge in [0.2, 0.25) is 23.5 Å². The van der Waals surface area contributed by atoms with Crippen molar-refractivity contribution in [3.05, 3.63) is 344 Å². The number of amides is 3. The van der Waals surface area contributed by atoms with Crippen molar-refractivity contribution in [1.82, 2.24) is 54.2 Å². The van der Waals surface area contributed by atoms with Gasteiger partial charge in [0, 0.05) is 136 Å². The van der Waals surface area contributed by atoms with Crippen LogP contribution >= 0.6 is 0 Å². The maximum Gasteiger partial charge on any atom is 0.251 e. The number of nitriles is 2. The van der Waals surface area contributed by atoms with Crippen molar-refractivity contribution < 1.29 is 84.2 Å². The molecule has 3 amide bonds. The molecule has 6 aromatic heterocycles. The van der Waals surface area contributed by atoms with Crippen LogP contribution in [0.2, 0.25) is 0 Å². The fraction of sp³-hybridized carbons (Fsp3) is 0.229. The van der Waals surface area contributed by atoms with E-state index in [2.05, 4.69) is 35.4 Å². The predicted octanol–water partition coefficient (Wildman–Crippen LogP) is 16.3. The number of nitrogens with zero attached hydrogens (tertiary/aromatic N) is 12. The number of Topliss-reactive ketones (excluding diaryl/α,β-unsaturated/α-hetero) is 3. The number of hydrogen-bond donors (Lipinski definition) is 3. The van der Waals surface area contributed by atoms with E-state index >= 15 is 4.39 Å². The molecule has 15 rings (SSSR count). The lowest BCUT2D eigenvalue weighted by Crippen LogP contribution is -2.40. The lowest BCUT2D eigenvalue weighted by atomic mass is 10.1. The van der Waals surface area contributed by atoms with Crippen molar-refractivity contribution in [2.75, 3.05) is 61.9 Å². The van der Waals surface area contributed by atoms with Gasteiger partial charge in [0.05, 0.1) is 113 Å². The summed E-state index contributed by atoms with van der Waals surface area (Å²) in [4.78, 5) is 105. The average Bonchev–Trinajstić information content (AvgIpc) is 1.64. The first-order valence-corrected chi connectivity index (χ1v) is 43.5. The first-order chi connectivity index (χ1) is 66.7. The maximum absolute atomic E-state index is 15.5. The van der Waals surface area contributed by atoms with E-state index < -0.39 is 47.5 Å². The lowest BCUT2D eigenvalue weighted by Gasteiger charge is -2.18. The molecule has 6 heterocycles. The number of ketones is 3. The Kier molecular flexibility index (Phi) is 33.8. The Bertz CT molecular complexity index is 6850. The van der Waals surface area contributed by atoms with Gasteiger partial charge in [-0.05, 0) is 147 Å². The van der Waals surface area contributed by atoms with Crippen molar-refractivity contribution >= 4 is 73.9 Å². The number of carbonyl (C=O) groups excluding carboxylic acids is 6. The van der Waals surface area contributed by atoms with Gasteiger partial charge in [0.25, 0.3) is 11.8 Å². The molecule has 702 valence electrons. The molecule has 15 aromatic rings. The highest BCUT2D eigenvalue weighted by Crippen LogP contribution is 2.32. The summed E-state index contributed by atoms with van der Waals surface area (Å²) in [6, 6.07) is 68.4. The molecule has 0 aliphatic rings. The third kappa shape index (κ3) is 25.4. The molecule has 33 heteroatoms. The largest absolute Gasteiger partial charge is 0.473 e. The van der Waals surface area contributed by atoms with Crippen LogP contribution in [0.25, 0.3) is 71.7 Å². The number of primary amides is 1. The highest BCUT2D eigenvalue weighted by atomic mass is 19.1. The van der Waals surface area contributed by atoms with Gasteiger partial charge in [-0.3, -0.25) is 28.8 Å². The number of halogens is 4. The van der Waals surface area contributed by atoms with Crippen LogP contribution in [-0.4, -0.2) is 159 Å². The molecule has 4 N–H and O–H groups in total. The van der Waals surface area contributed by atoms with Gasteiger partial charge < -0.3 is 68.0 Å². The van der Waals surface area contributed by atoms with Crippen molar-refractivity contribution in [3.8, 4) is 63.6 Å². The molecule has 1 unspecified atom stereocenters. The second kappa shape index (κ2) is 47.0. The summed E-state index contributed by atoms with van der Waals surface area (Å²) in [5.41, 5.74) is 19.0. The molecule has 0 radical (unpaired) electrons. The zero-order valence-corrected chi connectivity index (χ0v) is 76.5. The Hall–Kier alpha value is -16.4. The number of fused-ring (bicyclic) bond motifs is 3. The van der Waals surface area contributed by atoms with Crippen LogP contribution < -0.4 is 30.6 Å². The Morgan fingerprint density at radius 2 is 0.754 bits per heavy atom. The molecule has 3 atom stereocenters. The summed E-state index contributed by atoms with van der Waals surface area (Å²) in [6.07, 6.45) is -1.55. The Morgan fingerprint density at radius 1 is 0.406 bits per heavy atom. The summed E-state index contributed by atoms with van der Waals surface area (Å²) in [5, 5.41) is 23.6. The van der Waals surface area contributed by atoms with E-state index in [1.54, 1.807) is 116 Å². The summed E-state index contributed by atoms with van der Waals surface area (Å²) in [6.45, 7) is 13.2. The fourth-order valence-electron chi connectivity index (χ4n) is 14.9. The number of nitrogens with one attached hydrogen (secondary N) is 2. The summed E-state index contributed by atoms with van der Waals surface area (Å²) < 4.78 is 108. The first-order valence-electron chi connectivity index (χ1n) is 43.5. The molecular formula is C105H95F4N15O14. The van der Waals surface area contributed by atoms with Crippen LogP contribution in [0.1, 0.15) is 114 Å². The van der Waals surface area contributed by atoms with Crippen molar-refractivity contribution in [1.29, 1.82) is 10.5 Å². The van der Waals surface area contributed by atoms with E-state index in [0.717, 1.165) is 39.4 Å². The molecule has 0 saturated carbocycles. The number of methoxy groups -OCH3 is 5. The van der Waals surface area contributed by atoms with Crippen molar-refractivity contribution in [3.63, 3.8) is 0 Å². The zero-order valence-electron chi connectivity index (χ0n) is 76.5. The van der Waals surface area contributed by atoms with Crippen LogP contribution in [0.3, 0.4) is 0 Å². The molecule has 0 fully saturated rings. The number of imidazole rings is 3. The summed E-state index contributed by atoms with van der Waals surface area (Å²) in [5.74, 6) is -0.758. The number of ether oxygens (including phenoxy) is 8. The topological polar surface area (TPSA) is 370 Å². The Balaban J connectivity index is 0.000000175. The molecule has 138 heavy (non-hydrogen) atoms.